The zero-order chi connectivity index (χ0) is 17.4. The predicted octanol–water partition coefficient (Wildman–Crippen LogP) is 3.31. The molecule has 0 heterocycles. The van der Waals surface area contributed by atoms with E-state index in [0.29, 0.717) is 13.0 Å². The zero-order valence-electron chi connectivity index (χ0n) is 14.3. The highest BCUT2D eigenvalue weighted by molar-refractivity contribution is 6.56. The van der Waals surface area contributed by atoms with Crippen LogP contribution >= 0.6 is 0 Å². The Morgan fingerprint density at radius 1 is 0.783 bits per heavy atom. The Kier molecular flexibility index (Phi) is 14.4. The second-order valence-corrected chi connectivity index (χ2v) is 8.19. The van der Waals surface area contributed by atoms with Crippen molar-refractivity contribution in [1.82, 2.24) is 0 Å². The topological polar surface area (TPSA) is 87.0 Å². The number of esters is 1. The average molecular weight is 347 g/mol. The van der Waals surface area contributed by atoms with Gasteiger partial charge in [0.2, 0.25) is 0 Å². The molecule has 0 bridgehead atoms. The monoisotopic (exact) mass is 346 g/mol. The number of ether oxygens (including phenoxy) is 1. The van der Waals surface area contributed by atoms with E-state index in [2.05, 4.69) is 6.58 Å². The van der Waals surface area contributed by atoms with Crippen LogP contribution in [0.2, 0.25) is 6.04 Å². The number of rotatable bonds is 16. The molecule has 0 spiro atoms. The van der Waals surface area contributed by atoms with Crippen LogP contribution in [0.25, 0.3) is 0 Å². The Hall–Kier alpha value is -0.693. The van der Waals surface area contributed by atoms with Crippen molar-refractivity contribution < 1.29 is 23.9 Å². The van der Waals surface area contributed by atoms with Gasteiger partial charge in [-0.3, -0.25) is 0 Å². The highest BCUT2D eigenvalue weighted by atomic mass is 28.4. The van der Waals surface area contributed by atoms with Gasteiger partial charge in [0.15, 0.2) is 0 Å². The third kappa shape index (κ3) is 19.3. The average Bonchev–Trinajstić information content (AvgIpc) is 2.49. The fraction of sp³-hybridized carbons (Fsp3) is 0.824. The summed E-state index contributed by atoms with van der Waals surface area (Å²) in [4.78, 5) is 37.4. The molecular formula is C17H34O5Si. The summed E-state index contributed by atoms with van der Waals surface area (Å²) in [5.74, 6) is -0.338. The fourth-order valence-electron chi connectivity index (χ4n) is 2.46. The lowest BCUT2D eigenvalue weighted by molar-refractivity contribution is -0.137. The van der Waals surface area contributed by atoms with Crippen LogP contribution in [-0.4, -0.2) is 35.8 Å². The highest BCUT2D eigenvalue weighted by Crippen LogP contribution is 2.13. The van der Waals surface area contributed by atoms with E-state index in [1.807, 2.05) is 0 Å². The van der Waals surface area contributed by atoms with Gasteiger partial charge >= 0.3 is 14.8 Å². The molecule has 5 nitrogen and oxygen atoms in total. The Bertz CT molecular complexity index is 302. The number of hydrogen-bond acceptors (Lipinski definition) is 5. The van der Waals surface area contributed by atoms with Crippen LogP contribution in [0.5, 0.6) is 0 Å². The van der Waals surface area contributed by atoms with Gasteiger partial charge in [-0.25, -0.2) is 4.79 Å². The lowest BCUT2D eigenvalue weighted by Crippen LogP contribution is -2.33. The van der Waals surface area contributed by atoms with E-state index in [0.717, 1.165) is 25.7 Å². The van der Waals surface area contributed by atoms with E-state index in [4.69, 9.17) is 19.1 Å². The summed E-state index contributed by atoms with van der Waals surface area (Å²) in [7, 11) is -3.80. The Labute approximate surface area is 141 Å². The molecular weight excluding hydrogens is 312 g/mol. The molecule has 0 aliphatic heterocycles. The summed E-state index contributed by atoms with van der Waals surface area (Å²) in [5.41, 5.74) is 0. The van der Waals surface area contributed by atoms with E-state index in [9.17, 15) is 4.79 Å². The van der Waals surface area contributed by atoms with Crippen molar-refractivity contribution in [3.63, 3.8) is 0 Å². The maximum absolute atomic E-state index is 10.8. The molecule has 0 aromatic carbocycles. The minimum atomic E-state index is -3.80. The molecule has 0 aliphatic rings. The van der Waals surface area contributed by atoms with Crippen molar-refractivity contribution in [2.75, 3.05) is 6.61 Å². The minimum absolute atomic E-state index is 0.166. The molecule has 0 unspecified atom stereocenters. The van der Waals surface area contributed by atoms with Gasteiger partial charge in [-0.15, -0.1) is 0 Å². The SMILES string of the molecule is C=CC(=O)OCCCCCCCCCCCCCC[Si](O)(O)O. The first-order chi connectivity index (χ1) is 11.0. The first kappa shape index (κ1) is 22.3. The van der Waals surface area contributed by atoms with Gasteiger partial charge in [-0.2, -0.15) is 0 Å². The number of carbonyl (C=O) groups is 1. The minimum Gasteiger partial charge on any atom is -0.463 e. The second-order valence-electron chi connectivity index (χ2n) is 6.14. The molecule has 0 saturated heterocycles. The van der Waals surface area contributed by atoms with Gasteiger partial charge in [0.1, 0.15) is 0 Å². The summed E-state index contributed by atoms with van der Waals surface area (Å²) >= 11 is 0. The molecule has 6 heteroatoms. The summed E-state index contributed by atoms with van der Waals surface area (Å²) in [6.45, 7) is 3.85. The maximum Gasteiger partial charge on any atom is 0.492 e. The molecule has 0 radical (unpaired) electrons. The van der Waals surface area contributed by atoms with Crippen molar-refractivity contribution in [2.24, 2.45) is 0 Å². The highest BCUT2D eigenvalue weighted by Gasteiger charge is 2.25. The number of hydrogen-bond donors (Lipinski definition) is 3. The predicted molar refractivity (Wildman–Crippen MR) is 93.8 cm³/mol. The van der Waals surface area contributed by atoms with Crippen LogP contribution in [0.15, 0.2) is 12.7 Å². The van der Waals surface area contributed by atoms with Crippen LogP contribution < -0.4 is 0 Å². The van der Waals surface area contributed by atoms with Crippen molar-refractivity contribution in [2.45, 2.75) is 83.1 Å². The molecule has 136 valence electrons. The van der Waals surface area contributed by atoms with Crippen LogP contribution in [0.3, 0.4) is 0 Å². The summed E-state index contributed by atoms with van der Waals surface area (Å²) in [6, 6.07) is 0.166. The third-order valence-corrected chi connectivity index (χ3v) is 4.84. The van der Waals surface area contributed by atoms with Crippen molar-refractivity contribution in [3.05, 3.63) is 12.7 Å². The van der Waals surface area contributed by atoms with Crippen molar-refractivity contribution in [1.29, 1.82) is 0 Å². The first-order valence-electron chi connectivity index (χ1n) is 8.92. The van der Waals surface area contributed by atoms with Gasteiger partial charge in [0.25, 0.3) is 0 Å². The molecule has 3 N–H and O–H groups in total. The number of unbranched alkanes of at least 4 members (excludes halogenated alkanes) is 11. The number of carbonyl (C=O) groups excluding carboxylic acids is 1. The standard InChI is InChI=1S/C17H34O5Si/c1-2-17(18)22-15-13-11-9-7-5-3-4-6-8-10-12-14-16-23(19,20)21/h2,19-21H,1,3-16H2. The van der Waals surface area contributed by atoms with Crippen LogP contribution in [-0.2, 0) is 9.53 Å². The molecule has 0 amide bonds. The smallest absolute Gasteiger partial charge is 0.463 e. The maximum atomic E-state index is 10.8. The van der Waals surface area contributed by atoms with E-state index in [1.165, 1.54) is 51.0 Å². The van der Waals surface area contributed by atoms with Gasteiger partial charge in [0, 0.05) is 12.1 Å². The molecule has 0 rings (SSSR count). The first-order valence-corrected chi connectivity index (χ1v) is 11.0. The molecule has 0 aromatic heterocycles. The van der Waals surface area contributed by atoms with E-state index in [1.54, 1.807) is 0 Å². The fourth-order valence-corrected chi connectivity index (χ4v) is 3.19. The molecule has 23 heavy (non-hydrogen) atoms. The summed E-state index contributed by atoms with van der Waals surface area (Å²) < 4.78 is 4.91. The summed E-state index contributed by atoms with van der Waals surface area (Å²) in [6.07, 6.45) is 14.7. The van der Waals surface area contributed by atoms with Gasteiger partial charge in [-0.1, -0.05) is 70.8 Å². The zero-order valence-corrected chi connectivity index (χ0v) is 15.3. The third-order valence-electron chi connectivity index (χ3n) is 3.82. The molecule has 0 aliphatic carbocycles. The largest absolute Gasteiger partial charge is 0.492 e. The van der Waals surface area contributed by atoms with Crippen LogP contribution in [0.4, 0.5) is 0 Å². The molecule has 0 fully saturated rings. The van der Waals surface area contributed by atoms with E-state index < -0.39 is 8.80 Å². The Morgan fingerprint density at radius 3 is 1.57 bits per heavy atom. The van der Waals surface area contributed by atoms with E-state index in [-0.39, 0.29) is 12.0 Å². The van der Waals surface area contributed by atoms with Crippen LogP contribution in [0.1, 0.15) is 77.0 Å². The molecule has 0 atom stereocenters. The molecule has 0 aromatic rings. The van der Waals surface area contributed by atoms with Crippen molar-refractivity contribution in [3.8, 4) is 0 Å². The van der Waals surface area contributed by atoms with Crippen molar-refractivity contribution >= 4 is 14.8 Å². The Morgan fingerprint density at radius 2 is 1.17 bits per heavy atom. The second kappa shape index (κ2) is 14.9. The molecule has 0 saturated carbocycles. The quantitative estimate of drug-likeness (QED) is 0.173. The van der Waals surface area contributed by atoms with Crippen LogP contribution in [0, 0.1) is 0 Å². The lowest BCUT2D eigenvalue weighted by atomic mass is 10.1. The normalized spacial score (nSPS) is 11.4. The van der Waals surface area contributed by atoms with Gasteiger partial charge in [0.05, 0.1) is 6.61 Å². The van der Waals surface area contributed by atoms with E-state index >= 15 is 0 Å². The Balaban J connectivity index is 3.08. The lowest BCUT2D eigenvalue weighted by Gasteiger charge is -2.08. The van der Waals surface area contributed by atoms with Gasteiger partial charge < -0.3 is 19.1 Å². The summed E-state index contributed by atoms with van der Waals surface area (Å²) in [5, 5.41) is 0. The van der Waals surface area contributed by atoms with Gasteiger partial charge in [-0.05, 0) is 12.8 Å².